The average Bonchev–Trinajstić information content (AvgIpc) is 3.03. The van der Waals surface area contributed by atoms with Crippen LogP contribution in [0.25, 0.3) is 0 Å². The molecule has 0 spiro atoms. The number of hydrogen-bond acceptors (Lipinski definition) is 6. The highest BCUT2D eigenvalue weighted by Gasteiger charge is 2.43. The van der Waals surface area contributed by atoms with Crippen LogP contribution in [0.4, 0.5) is 10.5 Å². The van der Waals surface area contributed by atoms with Crippen molar-refractivity contribution in [2.45, 2.75) is 84.0 Å². The largest absolute Gasteiger partial charge is 0.444 e. The third kappa shape index (κ3) is 7.84. The number of amides is 3. The third-order valence-electron chi connectivity index (χ3n) is 7.35. The predicted octanol–water partition coefficient (Wildman–Crippen LogP) is 2.77. The Bertz CT molecular complexity index is 945. The first-order valence-corrected chi connectivity index (χ1v) is 13.5. The minimum Gasteiger partial charge on any atom is -0.444 e. The number of nitrogens with two attached hydrogens (primary N) is 1. The zero-order valence-corrected chi connectivity index (χ0v) is 23.3. The molecule has 0 aliphatic carbocycles. The quantitative estimate of drug-likeness (QED) is 0.603. The highest BCUT2D eigenvalue weighted by molar-refractivity contribution is 5.91. The Labute approximate surface area is 221 Å². The molecule has 3 N–H and O–H groups in total. The van der Waals surface area contributed by atoms with Crippen LogP contribution in [0, 0.1) is 5.92 Å². The fourth-order valence-corrected chi connectivity index (χ4v) is 5.21. The standard InChI is InChI=1S/C28H45N5O4/c1-19-8-9-20(2)33(27(36)37-28(3,4)5)24(19)26(35)30-23(25(29)34)18-21-10-12-22(13-11-21)32-15-7-14-31(6)16-17-32/h10-13,19-20,23-24H,7-9,14-18H2,1-6H3,(H2,29,34)(H,30,35)/t19-,20+,23+,24+/m1/s1. The molecule has 3 amide bonds. The van der Waals surface area contributed by atoms with Gasteiger partial charge in [0.05, 0.1) is 0 Å². The lowest BCUT2D eigenvalue weighted by atomic mass is 9.86. The van der Waals surface area contributed by atoms with Crippen molar-refractivity contribution in [2.24, 2.45) is 11.7 Å². The number of nitrogens with zero attached hydrogens (tertiary/aromatic N) is 3. The number of carbonyl (C=O) groups is 3. The first-order chi connectivity index (χ1) is 17.4. The van der Waals surface area contributed by atoms with Gasteiger partial charge in [-0.05, 0) is 84.2 Å². The topological polar surface area (TPSA) is 108 Å². The van der Waals surface area contributed by atoms with Gasteiger partial charge >= 0.3 is 6.09 Å². The Morgan fingerprint density at radius 3 is 2.35 bits per heavy atom. The van der Waals surface area contributed by atoms with Crippen molar-refractivity contribution in [1.29, 1.82) is 0 Å². The van der Waals surface area contributed by atoms with Gasteiger partial charge < -0.3 is 25.6 Å². The molecule has 1 aromatic rings. The van der Waals surface area contributed by atoms with Gasteiger partial charge in [0.2, 0.25) is 11.8 Å². The van der Waals surface area contributed by atoms with E-state index in [0.29, 0.717) is 0 Å². The minimum absolute atomic E-state index is 0.0794. The van der Waals surface area contributed by atoms with Crippen LogP contribution in [0.3, 0.4) is 0 Å². The third-order valence-corrected chi connectivity index (χ3v) is 7.35. The van der Waals surface area contributed by atoms with Crippen molar-refractivity contribution in [3.63, 3.8) is 0 Å². The van der Waals surface area contributed by atoms with Crippen LogP contribution in [-0.2, 0) is 20.7 Å². The highest BCUT2D eigenvalue weighted by Crippen LogP contribution is 2.30. The van der Waals surface area contributed by atoms with Crippen LogP contribution in [-0.4, -0.2) is 84.7 Å². The zero-order chi connectivity index (χ0) is 27.3. The van der Waals surface area contributed by atoms with Crippen LogP contribution in [0.15, 0.2) is 24.3 Å². The Kier molecular flexibility index (Phi) is 9.45. The summed E-state index contributed by atoms with van der Waals surface area (Å²) in [6, 6.07) is 6.35. The number of nitrogens with one attached hydrogen (secondary N) is 1. The summed E-state index contributed by atoms with van der Waals surface area (Å²) in [6.07, 6.45) is 2.47. The Morgan fingerprint density at radius 1 is 1.05 bits per heavy atom. The molecule has 0 unspecified atom stereocenters. The maximum atomic E-state index is 13.5. The Morgan fingerprint density at radius 2 is 1.73 bits per heavy atom. The molecule has 0 saturated carbocycles. The number of ether oxygens (including phenoxy) is 1. The molecule has 9 nitrogen and oxygen atoms in total. The van der Waals surface area contributed by atoms with Gasteiger partial charge in [0.25, 0.3) is 0 Å². The summed E-state index contributed by atoms with van der Waals surface area (Å²) >= 11 is 0. The second-order valence-electron chi connectivity index (χ2n) is 11.7. The van der Waals surface area contributed by atoms with E-state index in [0.717, 1.165) is 56.7 Å². The van der Waals surface area contributed by atoms with E-state index in [9.17, 15) is 14.4 Å². The molecule has 2 heterocycles. The van der Waals surface area contributed by atoms with Crippen LogP contribution in [0.2, 0.25) is 0 Å². The Hall–Kier alpha value is -2.81. The second-order valence-corrected chi connectivity index (χ2v) is 11.7. The SMILES string of the molecule is C[C@@H]1CC[C@H](C)N(C(=O)OC(C)(C)C)[C@@H]1C(=O)N[C@@H](Cc1ccc(N2CCCN(C)CC2)cc1)C(N)=O. The van der Waals surface area contributed by atoms with E-state index in [1.165, 1.54) is 4.90 Å². The normalized spacial score (nSPS) is 24.2. The van der Waals surface area contributed by atoms with E-state index in [2.05, 4.69) is 34.3 Å². The van der Waals surface area contributed by atoms with Crippen molar-refractivity contribution in [2.75, 3.05) is 38.1 Å². The highest BCUT2D eigenvalue weighted by atomic mass is 16.6. The molecule has 0 bridgehead atoms. The van der Waals surface area contributed by atoms with Crippen molar-refractivity contribution >= 4 is 23.6 Å². The van der Waals surface area contributed by atoms with Crippen LogP contribution in [0.1, 0.15) is 59.4 Å². The number of primary amides is 1. The lowest BCUT2D eigenvalue weighted by Crippen LogP contribution is -2.61. The molecule has 3 rings (SSSR count). The number of carbonyl (C=O) groups excluding carboxylic acids is 3. The van der Waals surface area contributed by atoms with E-state index in [4.69, 9.17) is 10.5 Å². The molecule has 206 valence electrons. The van der Waals surface area contributed by atoms with Crippen LogP contribution in [0.5, 0.6) is 0 Å². The van der Waals surface area contributed by atoms with Gasteiger partial charge in [-0.2, -0.15) is 0 Å². The van der Waals surface area contributed by atoms with Gasteiger partial charge in [-0.25, -0.2) is 4.79 Å². The van der Waals surface area contributed by atoms with Gasteiger partial charge in [-0.3, -0.25) is 14.5 Å². The van der Waals surface area contributed by atoms with Gasteiger partial charge in [0.15, 0.2) is 0 Å². The second kappa shape index (κ2) is 12.2. The summed E-state index contributed by atoms with van der Waals surface area (Å²) < 4.78 is 5.61. The molecular formula is C28H45N5O4. The van der Waals surface area contributed by atoms with Crippen LogP contribution < -0.4 is 16.0 Å². The summed E-state index contributed by atoms with van der Waals surface area (Å²) in [5.74, 6) is -1.06. The molecule has 0 aromatic heterocycles. The summed E-state index contributed by atoms with van der Waals surface area (Å²) in [4.78, 5) is 45.1. The number of hydrogen-bond donors (Lipinski definition) is 2. The van der Waals surface area contributed by atoms with Crippen molar-refractivity contribution in [3.05, 3.63) is 29.8 Å². The maximum Gasteiger partial charge on any atom is 0.411 e. The molecule has 2 saturated heterocycles. The monoisotopic (exact) mass is 515 g/mol. The number of anilines is 1. The first kappa shape index (κ1) is 28.8. The molecule has 0 radical (unpaired) electrons. The summed E-state index contributed by atoms with van der Waals surface area (Å²) in [5.41, 5.74) is 7.09. The average molecular weight is 516 g/mol. The van der Waals surface area contributed by atoms with E-state index >= 15 is 0 Å². The van der Waals surface area contributed by atoms with Gasteiger partial charge in [-0.1, -0.05) is 19.1 Å². The molecular weight excluding hydrogens is 470 g/mol. The lowest BCUT2D eigenvalue weighted by molar-refractivity contribution is -0.134. The van der Waals surface area contributed by atoms with Crippen molar-refractivity contribution in [1.82, 2.24) is 15.1 Å². The molecule has 2 aliphatic rings. The van der Waals surface area contributed by atoms with E-state index < -0.39 is 29.7 Å². The number of likely N-dealkylation sites (N-methyl/N-ethyl adjacent to an activating group) is 1. The fourth-order valence-electron chi connectivity index (χ4n) is 5.21. The molecule has 1 aromatic carbocycles. The molecule has 4 atom stereocenters. The summed E-state index contributed by atoms with van der Waals surface area (Å²) in [6.45, 7) is 13.4. The van der Waals surface area contributed by atoms with Gasteiger partial charge in [0, 0.05) is 37.8 Å². The number of benzene rings is 1. The van der Waals surface area contributed by atoms with Gasteiger partial charge in [0.1, 0.15) is 17.7 Å². The molecule has 2 aliphatic heterocycles. The first-order valence-electron chi connectivity index (χ1n) is 13.5. The Balaban J connectivity index is 1.70. The molecule has 9 heteroatoms. The number of rotatable bonds is 6. The molecule has 2 fully saturated rings. The van der Waals surface area contributed by atoms with E-state index in [1.54, 1.807) is 20.8 Å². The van der Waals surface area contributed by atoms with Gasteiger partial charge in [-0.15, -0.1) is 0 Å². The smallest absolute Gasteiger partial charge is 0.411 e. The zero-order valence-electron chi connectivity index (χ0n) is 23.3. The lowest BCUT2D eigenvalue weighted by Gasteiger charge is -2.43. The number of likely N-dealkylation sites (tertiary alicyclic amines) is 1. The fraction of sp³-hybridized carbons (Fsp3) is 0.679. The minimum atomic E-state index is -0.880. The van der Waals surface area contributed by atoms with Crippen molar-refractivity contribution < 1.29 is 19.1 Å². The van der Waals surface area contributed by atoms with E-state index in [1.807, 2.05) is 26.0 Å². The summed E-state index contributed by atoms with van der Waals surface area (Å²) in [7, 11) is 2.15. The maximum absolute atomic E-state index is 13.5. The predicted molar refractivity (Wildman–Crippen MR) is 145 cm³/mol. The van der Waals surface area contributed by atoms with Crippen molar-refractivity contribution in [3.8, 4) is 0 Å². The van der Waals surface area contributed by atoms with Crippen LogP contribution >= 0.6 is 0 Å². The molecule has 37 heavy (non-hydrogen) atoms. The number of piperidine rings is 1. The van der Waals surface area contributed by atoms with E-state index in [-0.39, 0.29) is 24.3 Å². The summed E-state index contributed by atoms with van der Waals surface area (Å²) in [5, 5.41) is 2.85.